The number of carbonyl (C=O) groups excluding carboxylic acids is 2. The Hall–Kier alpha value is -3.48. The average Bonchev–Trinajstić information content (AvgIpc) is 3.22. The van der Waals surface area contributed by atoms with E-state index in [1.807, 2.05) is 42.5 Å². The second-order valence-electron chi connectivity index (χ2n) is 7.95. The highest BCUT2D eigenvalue weighted by Gasteiger charge is 2.20. The van der Waals surface area contributed by atoms with Gasteiger partial charge >= 0.3 is 5.97 Å². The van der Waals surface area contributed by atoms with Crippen molar-refractivity contribution >= 4 is 11.9 Å². The summed E-state index contributed by atoms with van der Waals surface area (Å²) < 4.78 is 10.9. The highest BCUT2D eigenvalue weighted by Crippen LogP contribution is 2.23. The number of aromatic nitrogens is 2. The molecule has 3 rings (SSSR count). The molecular weight excluding hydrogens is 382 g/mol. The molecule has 1 heterocycles. The fourth-order valence-electron chi connectivity index (χ4n) is 2.76. The van der Waals surface area contributed by atoms with Crippen LogP contribution in [0.5, 0.6) is 0 Å². The maximum Gasteiger partial charge on any atom is 0.326 e. The number of nitrogens with zero attached hydrogens (tertiary/aromatic N) is 2. The summed E-state index contributed by atoms with van der Waals surface area (Å²) in [7, 11) is 0. The number of hydrogen-bond donors (Lipinski definition) is 1. The first-order chi connectivity index (χ1) is 14.2. The van der Waals surface area contributed by atoms with Gasteiger partial charge in [0.05, 0.1) is 0 Å². The van der Waals surface area contributed by atoms with Gasteiger partial charge in [-0.2, -0.15) is 0 Å². The van der Waals surface area contributed by atoms with Crippen LogP contribution in [0.3, 0.4) is 0 Å². The van der Waals surface area contributed by atoms with Crippen LogP contribution < -0.4 is 5.32 Å². The third-order valence-corrected chi connectivity index (χ3v) is 4.52. The van der Waals surface area contributed by atoms with E-state index in [1.54, 1.807) is 19.1 Å². The zero-order valence-corrected chi connectivity index (χ0v) is 17.5. The molecule has 3 aromatic rings. The van der Waals surface area contributed by atoms with Crippen LogP contribution >= 0.6 is 0 Å². The minimum Gasteiger partial charge on any atom is -0.451 e. The molecule has 0 radical (unpaired) electrons. The van der Waals surface area contributed by atoms with Crippen LogP contribution in [0.25, 0.3) is 11.5 Å². The fraction of sp³-hybridized carbons (Fsp3) is 0.304. The van der Waals surface area contributed by atoms with Crippen LogP contribution in [0.15, 0.2) is 59.0 Å². The maximum atomic E-state index is 12.3. The smallest absolute Gasteiger partial charge is 0.326 e. The molecule has 1 amide bonds. The van der Waals surface area contributed by atoms with E-state index < -0.39 is 12.1 Å². The van der Waals surface area contributed by atoms with Crippen molar-refractivity contribution < 1.29 is 18.7 Å². The first-order valence-electron chi connectivity index (χ1n) is 9.71. The second-order valence-corrected chi connectivity index (χ2v) is 7.95. The summed E-state index contributed by atoms with van der Waals surface area (Å²) in [5.74, 6) is -0.405. The van der Waals surface area contributed by atoms with Crippen molar-refractivity contribution in [3.63, 3.8) is 0 Å². The minimum atomic E-state index is -0.731. The summed E-state index contributed by atoms with van der Waals surface area (Å²) in [6.07, 6.45) is -0.731. The van der Waals surface area contributed by atoms with Crippen molar-refractivity contribution in [3.05, 3.63) is 71.6 Å². The molecule has 1 N–H and O–H groups in total. The third kappa shape index (κ3) is 5.31. The van der Waals surface area contributed by atoms with Crippen LogP contribution in [-0.2, 0) is 14.9 Å². The lowest BCUT2D eigenvalue weighted by Gasteiger charge is -2.19. The lowest BCUT2D eigenvalue weighted by molar-refractivity contribution is -0.148. The minimum absolute atomic E-state index is 0.00404. The van der Waals surface area contributed by atoms with Gasteiger partial charge in [-0.25, -0.2) is 0 Å². The number of rotatable bonds is 6. The molecule has 1 aromatic heterocycles. The summed E-state index contributed by atoms with van der Waals surface area (Å²) in [4.78, 5) is 24.4. The van der Waals surface area contributed by atoms with Crippen molar-refractivity contribution in [1.82, 2.24) is 15.5 Å². The van der Waals surface area contributed by atoms with Crippen LogP contribution in [0.4, 0.5) is 0 Å². The normalized spacial score (nSPS) is 12.3. The predicted octanol–water partition coefficient (Wildman–Crippen LogP) is 4.07. The van der Waals surface area contributed by atoms with Gasteiger partial charge in [-0.3, -0.25) is 9.59 Å². The van der Waals surface area contributed by atoms with E-state index in [1.165, 1.54) is 0 Å². The Bertz CT molecular complexity index is 1000. The zero-order chi connectivity index (χ0) is 21.7. The van der Waals surface area contributed by atoms with Gasteiger partial charge in [0.1, 0.15) is 6.54 Å². The summed E-state index contributed by atoms with van der Waals surface area (Å²) in [6.45, 7) is 7.68. The summed E-state index contributed by atoms with van der Waals surface area (Å²) in [6, 6.07) is 16.6. The quantitative estimate of drug-likeness (QED) is 0.619. The predicted molar refractivity (Wildman–Crippen MR) is 112 cm³/mol. The van der Waals surface area contributed by atoms with Gasteiger partial charge in [0.15, 0.2) is 6.10 Å². The molecule has 1 atom stereocenters. The molecule has 7 nitrogen and oxygen atoms in total. The Labute approximate surface area is 175 Å². The lowest BCUT2D eigenvalue weighted by atomic mass is 9.87. The van der Waals surface area contributed by atoms with E-state index in [-0.39, 0.29) is 23.8 Å². The fourth-order valence-corrected chi connectivity index (χ4v) is 2.76. The van der Waals surface area contributed by atoms with Crippen LogP contribution in [0, 0.1) is 0 Å². The van der Waals surface area contributed by atoms with Gasteiger partial charge in [0.25, 0.3) is 11.8 Å². The molecule has 0 bridgehead atoms. The molecule has 0 saturated carbocycles. The zero-order valence-electron chi connectivity index (χ0n) is 17.5. The van der Waals surface area contributed by atoms with Crippen molar-refractivity contribution in [1.29, 1.82) is 0 Å². The third-order valence-electron chi connectivity index (χ3n) is 4.52. The number of ether oxygens (including phenoxy) is 1. The van der Waals surface area contributed by atoms with E-state index in [2.05, 4.69) is 36.3 Å². The highest BCUT2D eigenvalue weighted by molar-refractivity contribution is 5.95. The van der Waals surface area contributed by atoms with Gasteiger partial charge in [-0.1, -0.05) is 51.1 Å². The van der Waals surface area contributed by atoms with Crippen LogP contribution in [0.2, 0.25) is 0 Å². The number of benzene rings is 2. The highest BCUT2D eigenvalue weighted by atomic mass is 16.6. The Morgan fingerprint density at radius 1 is 1.03 bits per heavy atom. The molecule has 0 spiro atoms. The molecule has 30 heavy (non-hydrogen) atoms. The molecule has 156 valence electrons. The first-order valence-corrected chi connectivity index (χ1v) is 9.71. The number of hydrogen-bond acceptors (Lipinski definition) is 6. The Morgan fingerprint density at radius 2 is 1.70 bits per heavy atom. The molecule has 1 unspecified atom stereocenters. The average molecular weight is 407 g/mol. The van der Waals surface area contributed by atoms with Crippen LogP contribution in [0.1, 0.15) is 55.6 Å². The summed E-state index contributed by atoms with van der Waals surface area (Å²) in [5.41, 5.74) is 2.39. The Kier molecular flexibility index (Phi) is 6.30. The number of esters is 1. The monoisotopic (exact) mass is 407 g/mol. The number of amides is 1. The van der Waals surface area contributed by atoms with E-state index in [4.69, 9.17) is 9.15 Å². The summed E-state index contributed by atoms with van der Waals surface area (Å²) >= 11 is 0. The Morgan fingerprint density at radius 3 is 2.33 bits per heavy atom. The first kappa shape index (κ1) is 21.2. The molecule has 2 aromatic carbocycles. The number of carbonyl (C=O) groups is 2. The molecule has 7 heteroatoms. The van der Waals surface area contributed by atoms with Gasteiger partial charge in [0.2, 0.25) is 5.89 Å². The molecule has 0 aliphatic carbocycles. The van der Waals surface area contributed by atoms with Gasteiger partial charge in [-0.05, 0) is 42.2 Å². The van der Waals surface area contributed by atoms with E-state index >= 15 is 0 Å². The summed E-state index contributed by atoms with van der Waals surface area (Å²) in [5, 5.41) is 10.5. The van der Waals surface area contributed by atoms with Gasteiger partial charge in [-0.15, -0.1) is 10.2 Å². The van der Waals surface area contributed by atoms with Gasteiger partial charge < -0.3 is 14.5 Å². The van der Waals surface area contributed by atoms with E-state index in [0.29, 0.717) is 11.5 Å². The molecule has 0 fully saturated rings. The lowest BCUT2D eigenvalue weighted by Crippen LogP contribution is -2.31. The van der Waals surface area contributed by atoms with Gasteiger partial charge in [0, 0.05) is 11.1 Å². The van der Waals surface area contributed by atoms with Crippen molar-refractivity contribution in [2.24, 2.45) is 0 Å². The standard InChI is InChI=1S/C23H25N3O4/c1-15(21-25-26-22(30-21)17-8-6-5-7-9-17)29-19(27)14-24-20(28)16-10-12-18(13-11-16)23(2,3)4/h5-13,15H,14H2,1-4H3,(H,24,28). The topological polar surface area (TPSA) is 94.3 Å². The second kappa shape index (κ2) is 8.90. The van der Waals surface area contributed by atoms with Crippen molar-refractivity contribution in [3.8, 4) is 11.5 Å². The molecular formula is C23H25N3O4. The number of nitrogens with one attached hydrogen (secondary N) is 1. The van der Waals surface area contributed by atoms with Crippen LogP contribution in [-0.4, -0.2) is 28.6 Å². The molecule has 0 saturated heterocycles. The van der Waals surface area contributed by atoms with E-state index in [0.717, 1.165) is 11.1 Å². The largest absolute Gasteiger partial charge is 0.451 e. The van der Waals surface area contributed by atoms with E-state index in [9.17, 15) is 9.59 Å². The van der Waals surface area contributed by atoms with Crippen molar-refractivity contribution in [2.45, 2.75) is 39.2 Å². The SMILES string of the molecule is CC(OC(=O)CNC(=O)c1ccc(C(C)(C)C)cc1)c1nnc(-c2ccccc2)o1. The van der Waals surface area contributed by atoms with Crippen molar-refractivity contribution in [2.75, 3.05) is 6.54 Å². The Balaban J connectivity index is 1.52. The molecule has 0 aliphatic rings. The molecule has 0 aliphatic heterocycles. The maximum absolute atomic E-state index is 12.3.